The number of carbonyl (C=O) groups excluding carboxylic acids is 1. The third kappa shape index (κ3) is 2.45. The van der Waals surface area contributed by atoms with Gasteiger partial charge in [-0.05, 0) is 17.9 Å². The highest BCUT2D eigenvalue weighted by Gasteiger charge is 2.17. The van der Waals surface area contributed by atoms with Gasteiger partial charge in [0.05, 0.1) is 0 Å². The number of ether oxygens (including phenoxy) is 1. The average molecular weight is 243 g/mol. The lowest BCUT2D eigenvalue weighted by Crippen LogP contribution is -2.35. The molecule has 0 saturated carbocycles. The fourth-order valence-corrected chi connectivity index (χ4v) is 1.93. The molecule has 0 aliphatic heterocycles. The number of nitrogens with one attached hydrogen (secondary N) is 1. The van der Waals surface area contributed by atoms with Crippen LogP contribution in [0.3, 0.4) is 0 Å². The third-order valence-electron chi connectivity index (χ3n) is 2.93. The summed E-state index contributed by atoms with van der Waals surface area (Å²) in [6.07, 6.45) is 0.198. The van der Waals surface area contributed by atoms with Crippen LogP contribution in [-0.2, 0) is 4.79 Å². The van der Waals surface area contributed by atoms with Gasteiger partial charge in [-0.2, -0.15) is 0 Å². The van der Waals surface area contributed by atoms with Crippen molar-refractivity contribution >= 4 is 16.7 Å². The highest BCUT2D eigenvalue weighted by Crippen LogP contribution is 2.26. The number of fused-ring (bicyclic) bond motifs is 1. The van der Waals surface area contributed by atoms with Gasteiger partial charge < -0.3 is 10.1 Å². The van der Waals surface area contributed by atoms with Gasteiger partial charge in [0.15, 0.2) is 6.10 Å². The molecule has 1 amide bonds. The molecule has 3 heteroatoms. The van der Waals surface area contributed by atoms with Crippen molar-refractivity contribution in [3.63, 3.8) is 0 Å². The van der Waals surface area contributed by atoms with Gasteiger partial charge in [-0.1, -0.05) is 43.3 Å². The number of carbonyl (C=O) groups is 1. The van der Waals surface area contributed by atoms with Gasteiger partial charge in [0, 0.05) is 12.4 Å². The lowest BCUT2D eigenvalue weighted by Gasteiger charge is -2.17. The topological polar surface area (TPSA) is 38.3 Å². The molecule has 2 rings (SSSR count). The SMILES string of the molecule is CC[C@@H](Oc1cccc2ccccc12)C(=O)NC. The predicted molar refractivity (Wildman–Crippen MR) is 72.7 cm³/mol. The van der Waals surface area contributed by atoms with Crippen molar-refractivity contribution in [2.45, 2.75) is 19.4 Å². The molecule has 0 radical (unpaired) electrons. The molecule has 2 aromatic rings. The molecule has 0 aromatic heterocycles. The van der Waals surface area contributed by atoms with Crippen LogP contribution in [-0.4, -0.2) is 19.1 Å². The van der Waals surface area contributed by atoms with E-state index in [9.17, 15) is 4.79 Å². The predicted octanol–water partition coefficient (Wildman–Crippen LogP) is 2.74. The zero-order chi connectivity index (χ0) is 13.0. The van der Waals surface area contributed by atoms with E-state index in [4.69, 9.17) is 4.74 Å². The molecular formula is C15H17NO2. The maximum absolute atomic E-state index is 11.6. The molecule has 0 fully saturated rings. The Morgan fingerprint density at radius 3 is 2.67 bits per heavy atom. The first kappa shape index (κ1) is 12.4. The Morgan fingerprint density at radius 1 is 1.22 bits per heavy atom. The van der Waals surface area contributed by atoms with E-state index in [-0.39, 0.29) is 5.91 Å². The Morgan fingerprint density at radius 2 is 1.94 bits per heavy atom. The zero-order valence-electron chi connectivity index (χ0n) is 10.6. The minimum absolute atomic E-state index is 0.0922. The third-order valence-corrected chi connectivity index (χ3v) is 2.93. The number of amides is 1. The quantitative estimate of drug-likeness (QED) is 0.896. The van der Waals surface area contributed by atoms with E-state index < -0.39 is 6.10 Å². The maximum Gasteiger partial charge on any atom is 0.260 e. The van der Waals surface area contributed by atoms with Crippen molar-refractivity contribution in [2.75, 3.05) is 7.05 Å². The van der Waals surface area contributed by atoms with Crippen molar-refractivity contribution in [3.05, 3.63) is 42.5 Å². The summed E-state index contributed by atoms with van der Waals surface area (Å²) in [5, 5.41) is 4.76. The van der Waals surface area contributed by atoms with Gasteiger partial charge in [-0.3, -0.25) is 4.79 Å². The van der Waals surface area contributed by atoms with Gasteiger partial charge in [-0.25, -0.2) is 0 Å². The Labute approximate surface area is 107 Å². The van der Waals surface area contributed by atoms with Crippen LogP contribution in [0.4, 0.5) is 0 Å². The Kier molecular flexibility index (Phi) is 3.82. The summed E-state index contributed by atoms with van der Waals surface area (Å²) in [5.74, 6) is 0.661. The van der Waals surface area contributed by atoms with Crippen molar-refractivity contribution in [1.82, 2.24) is 5.32 Å². The van der Waals surface area contributed by atoms with Crippen LogP contribution in [0.1, 0.15) is 13.3 Å². The molecular weight excluding hydrogens is 226 g/mol. The summed E-state index contributed by atoms with van der Waals surface area (Å²) in [6.45, 7) is 1.94. The normalized spacial score (nSPS) is 12.1. The highest BCUT2D eigenvalue weighted by atomic mass is 16.5. The summed E-state index contributed by atoms with van der Waals surface area (Å²) in [7, 11) is 1.62. The molecule has 0 aliphatic rings. The molecule has 2 aromatic carbocycles. The van der Waals surface area contributed by atoms with Crippen molar-refractivity contribution < 1.29 is 9.53 Å². The average Bonchev–Trinajstić information content (AvgIpc) is 2.44. The van der Waals surface area contributed by atoms with Crippen LogP contribution >= 0.6 is 0 Å². The van der Waals surface area contributed by atoms with Crippen LogP contribution in [0.25, 0.3) is 10.8 Å². The molecule has 1 atom stereocenters. The minimum atomic E-state index is -0.444. The van der Waals surface area contributed by atoms with Gasteiger partial charge >= 0.3 is 0 Å². The van der Waals surface area contributed by atoms with E-state index in [2.05, 4.69) is 5.32 Å². The van der Waals surface area contributed by atoms with E-state index in [1.54, 1.807) is 7.05 Å². The first-order valence-electron chi connectivity index (χ1n) is 6.12. The second-order valence-electron chi connectivity index (χ2n) is 4.11. The summed E-state index contributed by atoms with van der Waals surface area (Å²) < 4.78 is 5.82. The molecule has 0 aliphatic carbocycles. The summed E-state index contributed by atoms with van der Waals surface area (Å²) in [5.41, 5.74) is 0. The Bertz CT molecular complexity index is 546. The van der Waals surface area contributed by atoms with Gasteiger partial charge in [0.1, 0.15) is 5.75 Å². The van der Waals surface area contributed by atoms with Crippen LogP contribution in [0.2, 0.25) is 0 Å². The van der Waals surface area contributed by atoms with Crippen LogP contribution in [0.15, 0.2) is 42.5 Å². The van der Waals surface area contributed by atoms with Crippen molar-refractivity contribution in [1.29, 1.82) is 0 Å². The molecule has 18 heavy (non-hydrogen) atoms. The minimum Gasteiger partial charge on any atom is -0.480 e. The molecule has 94 valence electrons. The number of benzene rings is 2. The molecule has 0 saturated heterocycles. The van der Waals surface area contributed by atoms with E-state index >= 15 is 0 Å². The standard InChI is InChI=1S/C15H17NO2/c1-3-13(15(17)16-2)18-14-10-6-8-11-7-4-5-9-12(11)14/h4-10,13H,3H2,1-2H3,(H,16,17)/t13-/m1/s1. The van der Waals surface area contributed by atoms with E-state index in [1.807, 2.05) is 49.4 Å². The second-order valence-corrected chi connectivity index (χ2v) is 4.11. The molecule has 1 N–H and O–H groups in total. The van der Waals surface area contributed by atoms with Gasteiger partial charge in [0.25, 0.3) is 5.91 Å². The smallest absolute Gasteiger partial charge is 0.260 e. The van der Waals surface area contributed by atoms with Crippen LogP contribution in [0, 0.1) is 0 Å². The lowest BCUT2D eigenvalue weighted by molar-refractivity contribution is -0.127. The van der Waals surface area contributed by atoms with Crippen molar-refractivity contribution in [3.8, 4) is 5.75 Å². The molecule has 0 unspecified atom stereocenters. The maximum atomic E-state index is 11.6. The zero-order valence-corrected chi connectivity index (χ0v) is 10.6. The highest BCUT2D eigenvalue weighted by molar-refractivity contribution is 5.89. The summed E-state index contributed by atoms with van der Waals surface area (Å²) in [4.78, 5) is 11.6. The molecule has 3 nitrogen and oxygen atoms in total. The van der Waals surface area contributed by atoms with Gasteiger partial charge in [0.2, 0.25) is 0 Å². The second kappa shape index (κ2) is 5.54. The van der Waals surface area contributed by atoms with Crippen LogP contribution < -0.4 is 10.1 Å². The molecule has 0 spiro atoms. The fourth-order valence-electron chi connectivity index (χ4n) is 1.93. The fraction of sp³-hybridized carbons (Fsp3) is 0.267. The number of hydrogen-bond donors (Lipinski definition) is 1. The molecule has 0 heterocycles. The van der Waals surface area contributed by atoms with E-state index in [0.717, 1.165) is 16.5 Å². The first-order chi connectivity index (χ1) is 8.76. The Hall–Kier alpha value is -2.03. The number of hydrogen-bond acceptors (Lipinski definition) is 2. The van der Waals surface area contributed by atoms with Crippen molar-refractivity contribution in [2.24, 2.45) is 0 Å². The monoisotopic (exact) mass is 243 g/mol. The molecule has 0 bridgehead atoms. The lowest BCUT2D eigenvalue weighted by atomic mass is 10.1. The van der Waals surface area contributed by atoms with E-state index in [0.29, 0.717) is 6.42 Å². The van der Waals surface area contributed by atoms with Crippen LogP contribution in [0.5, 0.6) is 5.75 Å². The Balaban J connectivity index is 2.33. The number of rotatable bonds is 4. The first-order valence-corrected chi connectivity index (χ1v) is 6.12. The van der Waals surface area contributed by atoms with Gasteiger partial charge in [-0.15, -0.1) is 0 Å². The summed E-state index contributed by atoms with van der Waals surface area (Å²) in [6, 6.07) is 13.9. The number of likely N-dealkylation sites (N-methyl/N-ethyl adjacent to an activating group) is 1. The largest absolute Gasteiger partial charge is 0.480 e. The van der Waals surface area contributed by atoms with E-state index in [1.165, 1.54) is 0 Å². The summed E-state index contributed by atoms with van der Waals surface area (Å²) >= 11 is 0.